The van der Waals surface area contributed by atoms with Crippen molar-refractivity contribution in [3.05, 3.63) is 46.9 Å². The zero-order valence-corrected chi connectivity index (χ0v) is 12.4. The van der Waals surface area contributed by atoms with Crippen LogP contribution in [0.15, 0.2) is 22.8 Å². The van der Waals surface area contributed by atoms with Gasteiger partial charge in [-0.15, -0.1) is 0 Å². The molecule has 2 heterocycles. The molecule has 0 aliphatic heterocycles. The number of oxazole rings is 1. The quantitative estimate of drug-likeness (QED) is 0.696. The minimum Gasteiger partial charge on any atom is -0.438 e. The summed E-state index contributed by atoms with van der Waals surface area (Å²) >= 11 is 0. The Bertz CT molecular complexity index is 776. The van der Waals surface area contributed by atoms with Gasteiger partial charge < -0.3 is 4.42 Å². The van der Waals surface area contributed by atoms with Gasteiger partial charge in [-0.3, -0.25) is 4.79 Å². The Morgan fingerprint density at radius 1 is 1.19 bits per heavy atom. The molecular weight excluding hydrogens is 264 g/mol. The van der Waals surface area contributed by atoms with Gasteiger partial charge in [0.1, 0.15) is 12.0 Å². The molecule has 0 amide bonds. The van der Waals surface area contributed by atoms with E-state index >= 15 is 0 Å². The molecule has 0 saturated carbocycles. The lowest BCUT2D eigenvalue weighted by Crippen LogP contribution is -2.28. The van der Waals surface area contributed by atoms with E-state index in [2.05, 4.69) is 35.7 Å². The summed E-state index contributed by atoms with van der Waals surface area (Å²) in [5.74, 6) is 6.32. The Morgan fingerprint density at radius 3 is 2.71 bits per heavy atom. The van der Waals surface area contributed by atoms with E-state index < -0.39 is 0 Å². The first-order valence-corrected chi connectivity index (χ1v) is 6.90. The zero-order chi connectivity index (χ0) is 15.0. The predicted molar refractivity (Wildman–Crippen MR) is 77.9 cm³/mol. The Kier molecular flexibility index (Phi) is 3.13. The number of hydrogen-bond donors (Lipinski definition) is 0. The van der Waals surface area contributed by atoms with E-state index in [-0.39, 0.29) is 11.2 Å². The van der Waals surface area contributed by atoms with Crippen molar-refractivity contribution in [1.82, 2.24) is 9.97 Å². The lowest BCUT2D eigenvalue weighted by atomic mass is 9.75. The van der Waals surface area contributed by atoms with Gasteiger partial charge in [0.25, 0.3) is 5.89 Å². The van der Waals surface area contributed by atoms with Crippen LogP contribution in [-0.2, 0) is 6.42 Å². The van der Waals surface area contributed by atoms with E-state index in [1.807, 2.05) is 13.0 Å². The van der Waals surface area contributed by atoms with Gasteiger partial charge in [0.15, 0.2) is 5.78 Å². The Morgan fingerprint density at radius 2 is 2.00 bits per heavy atom. The van der Waals surface area contributed by atoms with Crippen LogP contribution in [0.1, 0.15) is 53.6 Å². The molecule has 0 N–H and O–H groups in total. The van der Waals surface area contributed by atoms with Crippen LogP contribution in [-0.4, -0.2) is 15.8 Å². The van der Waals surface area contributed by atoms with Gasteiger partial charge in [-0.2, -0.15) is 0 Å². The molecule has 1 aliphatic carbocycles. The van der Waals surface area contributed by atoms with Crippen molar-refractivity contribution in [2.45, 2.75) is 33.6 Å². The number of rotatable bonds is 0. The van der Waals surface area contributed by atoms with Gasteiger partial charge in [-0.25, -0.2) is 9.97 Å². The number of pyridine rings is 1. The molecule has 0 saturated heterocycles. The third-order valence-corrected chi connectivity index (χ3v) is 3.48. The minimum absolute atomic E-state index is 0.0389. The summed E-state index contributed by atoms with van der Waals surface area (Å²) in [6, 6.07) is 3.60. The summed E-state index contributed by atoms with van der Waals surface area (Å²) < 4.78 is 5.18. The Balaban J connectivity index is 1.93. The molecule has 1 aliphatic rings. The van der Waals surface area contributed by atoms with Crippen molar-refractivity contribution in [2.75, 3.05) is 0 Å². The van der Waals surface area contributed by atoms with Gasteiger partial charge >= 0.3 is 0 Å². The molecule has 2 aromatic rings. The highest BCUT2D eigenvalue weighted by molar-refractivity contribution is 5.98. The monoisotopic (exact) mass is 280 g/mol. The largest absolute Gasteiger partial charge is 0.438 e. The molecular formula is C17H16N2O2. The highest BCUT2D eigenvalue weighted by atomic mass is 16.3. The maximum atomic E-state index is 12.1. The molecule has 0 bridgehead atoms. The summed E-state index contributed by atoms with van der Waals surface area (Å²) in [5, 5.41) is 0. The smallest absolute Gasteiger partial charge is 0.273 e. The van der Waals surface area contributed by atoms with Gasteiger partial charge in [0.2, 0.25) is 0 Å². The zero-order valence-electron chi connectivity index (χ0n) is 12.4. The predicted octanol–water partition coefficient (Wildman–Crippen LogP) is 2.93. The van der Waals surface area contributed by atoms with Crippen LogP contribution in [0.2, 0.25) is 0 Å². The second-order valence-electron chi connectivity index (χ2n) is 6.18. The molecule has 0 spiro atoms. The molecule has 2 aromatic heterocycles. The number of Topliss-reactive ketones (excluding diaryl/α,β-unsaturated/α-hetero) is 1. The van der Waals surface area contributed by atoms with Crippen LogP contribution >= 0.6 is 0 Å². The number of aryl methyl sites for hydroxylation is 1. The summed E-state index contributed by atoms with van der Waals surface area (Å²) in [6.45, 7) is 6.02. The van der Waals surface area contributed by atoms with Crippen molar-refractivity contribution in [3.8, 4) is 11.8 Å². The summed E-state index contributed by atoms with van der Waals surface area (Å²) in [4.78, 5) is 20.7. The summed E-state index contributed by atoms with van der Waals surface area (Å²) in [5.41, 5.74) is 2.96. The normalized spacial score (nSPS) is 16.0. The standard InChI is InChI=1S/C17H16N2O2/c1-11-10-21-16(18-11)7-5-12-4-6-13-14(19-12)8-17(2,3)9-15(13)20/h4,6,10H,8-9H2,1-3H3. The van der Waals surface area contributed by atoms with Crippen LogP contribution < -0.4 is 0 Å². The molecule has 4 heteroatoms. The lowest BCUT2D eigenvalue weighted by Gasteiger charge is -2.29. The molecule has 0 radical (unpaired) electrons. The molecule has 21 heavy (non-hydrogen) atoms. The minimum atomic E-state index is -0.0389. The molecule has 0 unspecified atom stereocenters. The number of carbonyl (C=O) groups is 1. The van der Waals surface area contributed by atoms with E-state index in [4.69, 9.17) is 4.42 Å². The number of aromatic nitrogens is 2. The number of ketones is 1. The highest BCUT2D eigenvalue weighted by Gasteiger charge is 2.31. The fourth-order valence-corrected chi connectivity index (χ4v) is 2.53. The number of carbonyl (C=O) groups excluding carboxylic acids is 1. The van der Waals surface area contributed by atoms with Crippen molar-refractivity contribution < 1.29 is 9.21 Å². The van der Waals surface area contributed by atoms with Crippen LogP contribution in [0.5, 0.6) is 0 Å². The first-order valence-electron chi connectivity index (χ1n) is 6.90. The van der Waals surface area contributed by atoms with Crippen LogP contribution in [0, 0.1) is 24.2 Å². The second-order valence-corrected chi connectivity index (χ2v) is 6.18. The van der Waals surface area contributed by atoms with Gasteiger partial charge in [-0.05, 0) is 42.7 Å². The van der Waals surface area contributed by atoms with Crippen LogP contribution in [0.4, 0.5) is 0 Å². The van der Waals surface area contributed by atoms with Gasteiger partial charge in [-0.1, -0.05) is 13.8 Å². The molecule has 0 fully saturated rings. The average Bonchev–Trinajstić information content (AvgIpc) is 2.80. The van der Waals surface area contributed by atoms with Gasteiger partial charge in [0.05, 0.1) is 11.4 Å². The first kappa shape index (κ1) is 13.6. The van der Waals surface area contributed by atoms with E-state index in [9.17, 15) is 4.79 Å². The Labute approximate surface area is 123 Å². The maximum Gasteiger partial charge on any atom is 0.273 e. The lowest BCUT2D eigenvalue weighted by molar-refractivity contribution is 0.0910. The fourth-order valence-electron chi connectivity index (χ4n) is 2.53. The van der Waals surface area contributed by atoms with E-state index in [0.29, 0.717) is 18.0 Å². The van der Waals surface area contributed by atoms with Crippen molar-refractivity contribution in [2.24, 2.45) is 5.41 Å². The van der Waals surface area contributed by atoms with Crippen molar-refractivity contribution >= 4 is 5.78 Å². The SMILES string of the molecule is Cc1coc(C#Cc2ccc3c(n2)CC(C)(C)CC3=O)n1. The summed E-state index contributed by atoms with van der Waals surface area (Å²) in [7, 11) is 0. The van der Waals surface area contributed by atoms with E-state index in [1.165, 1.54) is 0 Å². The van der Waals surface area contributed by atoms with Crippen LogP contribution in [0.3, 0.4) is 0 Å². The number of fused-ring (bicyclic) bond motifs is 1. The second kappa shape index (κ2) is 4.85. The first-order chi connectivity index (χ1) is 9.93. The van der Waals surface area contributed by atoms with Crippen molar-refractivity contribution in [3.63, 3.8) is 0 Å². The molecule has 106 valence electrons. The van der Waals surface area contributed by atoms with Crippen molar-refractivity contribution in [1.29, 1.82) is 0 Å². The number of hydrogen-bond acceptors (Lipinski definition) is 4. The van der Waals surface area contributed by atoms with E-state index in [1.54, 1.807) is 12.3 Å². The molecule has 3 rings (SSSR count). The number of nitrogens with zero attached hydrogens (tertiary/aromatic N) is 2. The summed E-state index contributed by atoms with van der Waals surface area (Å²) in [6.07, 6.45) is 2.93. The highest BCUT2D eigenvalue weighted by Crippen LogP contribution is 2.33. The fraction of sp³-hybridized carbons (Fsp3) is 0.353. The average molecular weight is 280 g/mol. The van der Waals surface area contributed by atoms with Gasteiger partial charge in [0, 0.05) is 12.0 Å². The third-order valence-electron chi connectivity index (χ3n) is 3.48. The van der Waals surface area contributed by atoms with Crippen LogP contribution in [0.25, 0.3) is 0 Å². The Hall–Kier alpha value is -2.41. The molecule has 0 atom stereocenters. The van der Waals surface area contributed by atoms with E-state index in [0.717, 1.165) is 23.4 Å². The molecule has 0 aromatic carbocycles. The molecule has 4 nitrogen and oxygen atoms in total. The third kappa shape index (κ3) is 2.87. The topological polar surface area (TPSA) is 56.0 Å². The maximum absolute atomic E-state index is 12.1.